The molecule has 1 nitrogen and oxygen atoms in total. The van der Waals surface area contributed by atoms with Crippen LogP contribution in [0.5, 0.6) is 0 Å². The van der Waals surface area contributed by atoms with Gasteiger partial charge in [0.2, 0.25) is 5.24 Å². The van der Waals surface area contributed by atoms with Crippen molar-refractivity contribution < 1.29 is 4.79 Å². The van der Waals surface area contributed by atoms with Gasteiger partial charge in [-0.05, 0) is 30.4 Å². The van der Waals surface area contributed by atoms with E-state index in [0.29, 0.717) is 5.92 Å². The minimum Gasteiger partial charge on any atom is -0.280 e. The number of halogens is 2. The van der Waals surface area contributed by atoms with Crippen LogP contribution in [0, 0.1) is 5.92 Å². The zero-order valence-electron chi connectivity index (χ0n) is 5.65. The maximum absolute atomic E-state index is 10.6. The Morgan fingerprint density at radius 3 is 2.40 bits per heavy atom. The number of carbonyl (C=O) groups is 1. The molecule has 0 bridgehead atoms. The molecule has 58 valence electrons. The van der Waals surface area contributed by atoms with Crippen molar-refractivity contribution in [3.8, 4) is 0 Å². The van der Waals surface area contributed by atoms with Crippen LogP contribution in [0.25, 0.3) is 0 Å². The molecule has 0 unspecified atom stereocenters. The summed E-state index contributed by atoms with van der Waals surface area (Å²) >= 11 is 8.61. The van der Waals surface area contributed by atoms with E-state index in [4.69, 9.17) is 11.6 Å². The van der Waals surface area contributed by atoms with Crippen molar-refractivity contribution in [1.82, 2.24) is 0 Å². The highest BCUT2D eigenvalue weighted by atomic mass is 79.9. The largest absolute Gasteiger partial charge is 0.280 e. The lowest BCUT2D eigenvalue weighted by Gasteiger charge is -2.11. The smallest absolute Gasteiger partial charge is 0.235 e. The van der Waals surface area contributed by atoms with Gasteiger partial charge in [-0.25, -0.2) is 0 Å². The third kappa shape index (κ3) is 1.96. The van der Waals surface area contributed by atoms with E-state index in [1.807, 2.05) is 0 Å². The molecule has 10 heavy (non-hydrogen) atoms. The highest BCUT2D eigenvalue weighted by Gasteiger charge is 2.26. The van der Waals surface area contributed by atoms with Gasteiger partial charge in [0.25, 0.3) is 0 Å². The normalized spacial score (nSPS) is 23.0. The first-order chi connectivity index (χ1) is 4.72. The Balaban J connectivity index is 2.39. The Labute approximate surface area is 74.3 Å². The Morgan fingerprint density at radius 2 is 2.00 bits per heavy atom. The number of hydrogen-bond acceptors (Lipinski definition) is 1. The molecule has 1 aliphatic rings. The van der Waals surface area contributed by atoms with E-state index < -0.39 is 0 Å². The summed E-state index contributed by atoms with van der Waals surface area (Å²) in [5.74, 6) is 0.491. The van der Waals surface area contributed by atoms with Crippen molar-refractivity contribution >= 4 is 32.8 Å². The van der Waals surface area contributed by atoms with Gasteiger partial charge < -0.3 is 0 Å². The lowest BCUT2D eigenvalue weighted by atomic mass is 10.1. The molecular weight excluding hydrogens is 215 g/mol. The number of hydrogen-bond donors (Lipinski definition) is 0. The van der Waals surface area contributed by atoms with E-state index in [2.05, 4.69) is 15.9 Å². The molecule has 1 atom stereocenters. The molecule has 0 aromatic rings. The molecule has 1 rings (SSSR count). The lowest BCUT2D eigenvalue weighted by molar-refractivity contribution is -0.111. The Morgan fingerprint density at radius 1 is 1.50 bits per heavy atom. The van der Waals surface area contributed by atoms with Crippen molar-refractivity contribution in [3.05, 3.63) is 0 Å². The van der Waals surface area contributed by atoms with Crippen molar-refractivity contribution in [2.24, 2.45) is 5.92 Å². The average molecular weight is 226 g/mol. The molecule has 0 aliphatic heterocycles. The third-order valence-corrected chi connectivity index (χ3v) is 3.69. The zero-order valence-corrected chi connectivity index (χ0v) is 7.99. The maximum atomic E-state index is 10.6. The van der Waals surface area contributed by atoms with Crippen LogP contribution >= 0.6 is 27.5 Å². The van der Waals surface area contributed by atoms with E-state index in [0.717, 1.165) is 12.8 Å². The number of rotatable bonds is 2. The summed E-state index contributed by atoms with van der Waals surface area (Å²) in [7, 11) is 0. The molecule has 0 aromatic carbocycles. The molecule has 0 N–H and O–H groups in total. The minimum atomic E-state index is -0.244. The second kappa shape index (κ2) is 3.72. The van der Waals surface area contributed by atoms with Gasteiger partial charge in [-0.1, -0.05) is 28.8 Å². The van der Waals surface area contributed by atoms with Gasteiger partial charge >= 0.3 is 0 Å². The third-order valence-electron chi connectivity index (χ3n) is 2.03. The minimum absolute atomic E-state index is 0.100. The molecule has 1 fully saturated rings. The molecule has 0 aromatic heterocycles. The SMILES string of the molecule is O=C(Cl)[C@H](Br)C1CCCC1. The van der Waals surface area contributed by atoms with Crippen molar-refractivity contribution in [1.29, 1.82) is 0 Å². The lowest BCUT2D eigenvalue weighted by Crippen LogP contribution is -2.17. The average Bonchev–Trinajstić information content (AvgIpc) is 2.36. The summed E-state index contributed by atoms with van der Waals surface area (Å²) in [6.07, 6.45) is 4.79. The maximum Gasteiger partial charge on any atom is 0.235 e. The van der Waals surface area contributed by atoms with E-state index in [1.165, 1.54) is 12.8 Å². The quantitative estimate of drug-likeness (QED) is 0.522. The van der Waals surface area contributed by atoms with Crippen LogP contribution in [0.15, 0.2) is 0 Å². The molecule has 0 heterocycles. The van der Waals surface area contributed by atoms with Gasteiger partial charge in [0, 0.05) is 0 Å². The Bertz CT molecular complexity index is 132. The van der Waals surface area contributed by atoms with Crippen LogP contribution in [0.1, 0.15) is 25.7 Å². The van der Waals surface area contributed by atoms with Crippen LogP contribution < -0.4 is 0 Å². The molecule has 1 saturated carbocycles. The van der Waals surface area contributed by atoms with Gasteiger partial charge in [-0.3, -0.25) is 4.79 Å². The van der Waals surface area contributed by atoms with E-state index in [-0.39, 0.29) is 10.1 Å². The van der Waals surface area contributed by atoms with Crippen molar-refractivity contribution in [2.45, 2.75) is 30.5 Å². The first kappa shape index (κ1) is 8.54. The van der Waals surface area contributed by atoms with Crippen LogP contribution in [-0.4, -0.2) is 10.1 Å². The van der Waals surface area contributed by atoms with Crippen LogP contribution in [-0.2, 0) is 4.79 Å². The van der Waals surface area contributed by atoms with Gasteiger partial charge in [0.15, 0.2) is 0 Å². The fourth-order valence-corrected chi connectivity index (χ4v) is 2.14. The summed E-state index contributed by atoms with van der Waals surface area (Å²) in [5.41, 5.74) is 0. The molecule has 0 spiro atoms. The highest BCUT2D eigenvalue weighted by Crippen LogP contribution is 2.32. The monoisotopic (exact) mass is 224 g/mol. The fraction of sp³-hybridized carbons (Fsp3) is 0.857. The standard InChI is InChI=1S/C7H10BrClO/c8-6(7(9)10)5-3-1-2-4-5/h5-6H,1-4H2/t6-/m1/s1. The first-order valence-electron chi connectivity index (χ1n) is 3.55. The van der Waals surface area contributed by atoms with Gasteiger partial charge in [0.1, 0.15) is 0 Å². The summed E-state index contributed by atoms with van der Waals surface area (Å²) in [4.78, 5) is 10.5. The van der Waals surface area contributed by atoms with Crippen LogP contribution in [0.4, 0.5) is 0 Å². The predicted molar refractivity (Wildman–Crippen MR) is 45.5 cm³/mol. The second-order valence-electron chi connectivity index (χ2n) is 2.75. The molecule has 0 radical (unpaired) electrons. The second-order valence-corrected chi connectivity index (χ2v) is 4.11. The highest BCUT2D eigenvalue weighted by molar-refractivity contribution is 9.10. The van der Waals surface area contributed by atoms with E-state index in [1.54, 1.807) is 0 Å². The molecule has 3 heteroatoms. The molecule has 0 amide bonds. The van der Waals surface area contributed by atoms with Crippen molar-refractivity contribution in [3.63, 3.8) is 0 Å². The number of alkyl halides is 1. The van der Waals surface area contributed by atoms with E-state index >= 15 is 0 Å². The van der Waals surface area contributed by atoms with Gasteiger partial charge in [-0.2, -0.15) is 0 Å². The zero-order chi connectivity index (χ0) is 7.56. The topological polar surface area (TPSA) is 17.1 Å². The molecule has 1 aliphatic carbocycles. The summed E-state index contributed by atoms with van der Waals surface area (Å²) in [6.45, 7) is 0. The molecule has 0 saturated heterocycles. The summed E-state index contributed by atoms with van der Waals surface area (Å²) < 4.78 is 0. The Kier molecular flexibility index (Phi) is 3.18. The van der Waals surface area contributed by atoms with Gasteiger partial charge in [0.05, 0.1) is 4.83 Å². The Hall–Kier alpha value is 0.440. The molecular formula is C7H10BrClO. The predicted octanol–water partition coefficient (Wildman–Crippen LogP) is 2.71. The summed E-state index contributed by atoms with van der Waals surface area (Å²) in [6, 6.07) is 0. The van der Waals surface area contributed by atoms with E-state index in [9.17, 15) is 4.79 Å². The van der Waals surface area contributed by atoms with Crippen LogP contribution in [0.3, 0.4) is 0 Å². The van der Waals surface area contributed by atoms with Crippen LogP contribution in [0.2, 0.25) is 0 Å². The summed E-state index contributed by atoms with van der Waals surface area (Å²) in [5, 5.41) is -0.244. The van der Waals surface area contributed by atoms with Gasteiger partial charge in [-0.15, -0.1) is 0 Å². The number of carbonyl (C=O) groups excluding carboxylic acids is 1. The first-order valence-corrected chi connectivity index (χ1v) is 4.84. The van der Waals surface area contributed by atoms with Crippen molar-refractivity contribution in [2.75, 3.05) is 0 Å². The fourth-order valence-electron chi connectivity index (χ4n) is 1.44.